The maximum Gasteiger partial charge on any atom is 0.0932 e. The number of alkyl halides is 1. The molecule has 0 saturated carbocycles. The van der Waals surface area contributed by atoms with E-state index in [0.717, 1.165) is 21.9 Å². The van der Waals surface area contributed by atoms with E-state index in [2.05, 4.69) is 37.3 Å². The highest BCUT2D eigenvalue weighted by atomic mass is 79.9. The molecule has 4 nitrogen and oxygen atoms in total. The lowest BCUT2D eigenvalue weighted by Gasteiger charge is -2.05. The van der Waals surface area contributed by atoms with Gasteiger partial charge in [0, 0.05) is 23.1 Å². The molecule has 0 atom stereocenters. The average Bonchev–Trinajstić information content (AvgIpc) is 2.87. The molecule has 0 spiro atoms. The van der Waals surface area contributed by atoms with Crippen molar-refractivity contribution in [1.29, 1.82) is 0 Å². The Morgan fingerprint density at radius 3 is 2.89 bits per heavy atom. The highest BCUT2D eigenvalue weighted by Crippen LogP contribution is 2.17. The van der Waals surface area contributed by atoms with Crippen molar-refractivity contribution in [3.05, 3.63) is 54.0 Å². The zero-order valence-electron chi connectivity index (χ0n) is 9.62. The Labute approximate surface area is 113 Å². The lowest BCUT2D eigenvalue weighted by atomic mass is 10.1. The third-order valence-corrected chi connectivity index (χ3v) is 3.37. The highest BCUT2D eigenvalue weighted by Gasteiger charge is 2.04. The van der Waals surface area contributed by atoms with Gasteiger partial charge in [-0.15, -0.1) is 5.10 Å². The summed E-state index contributed by atoms with van der Waals surface area (Å²) in [5.41, 5.74) is 3.15. The van der Waals surface area contributed by atoms with Crippen LogP contribution in [0.3, 0.4) is 0 Å². The quantitative estimate of drug-likeness (QED) is 0.699. The van der Waals surface area contributed by atoms with Gasteiger partial charge in [0.15, 0.2) is 0 Å². The molecule has 3 aromatic rings. The minimum Gasteiger partial charge on any atom is -0.256 e. The van der Waals surface area contributed by atoms with E-state index in [1.807, 2.05) is 41.3 Å². The Morgan fingerprint density at radius 2 is 2.06 bits per heavy atom. The monoisotopic (exact) mass is 302 g/mol. The van der Waals surface area contributed by atoms with Crippen LogP contribution in [-0.2, 0) is 11.9 Å². The van der Waals surface area contributed by atoms with Crippen molar-refractivity contribution in [2.75, 3.05) is 0 Å². The second-order valence-electron chi connectivity index (χ2n) is 4.03. The summed E-state index contributed by atoms with van der Waals surface area (Å²) in [5, 5.41) is 10.1. The van der Waals surface area contributed by atoms with Crippen LogP contribution in [0.15, 0.2) is 42.7 Å². The van der Waals surface area contributed by atoms with Crippen LogP contribution in [0.5, 0.6) is 0 Å². The fraction of sp³-hybridized carbons (Fsp3) is 0.154. The van der Waals surface area contributed by atoms with Crippen molar-refractivity contribution in [1.82, 2.24) is 20.0 Å². The predicted octanol–water partition coefficient (Wildman–Crippen LogP) is 2.77. The summed E-state index contributed by atoms with van der Waals surface area (Å²) in [4.78, 5) is 4.35. The number of hydrogen-bond acceptors (Lipinski definition) is 3. The molecule has 3 rings (SSSR count). The fourth-order valence-electron chi connectivity index (χ4n) is 1.94. The SMILES string of the molecule is BrCc1cn(Cc2ccnc3ccccc23)nn1. The van der Waals surface area contributed by atoms with E-state index in [9.17, 15) is 0 Å². The van der Waals surface area contributed by atoms with Crippen LogP contribution in [0.2, 0.25) is 0 Å². The van der Waals surface area contributed by atoms with Crippen LogP contribution >= 0.6 is 15.9 Å². The first-order valence-corrected chi connectivity index (χ1v) is 6.76. The van der Waals surface area contributed by atoms with Gasteiger partial charge in [0.1, 0.15) is 0 Å². The molecule has 0 N–H and O–H groups in total. The van der Waals surface area contributed by atoms with E-state index >= 15 is 0 Å². The molecule has 90 valence electrons. The van der Waals surface area contributed by atoms with Crippen LogP contribution in [-0.4, -0.2) is 20.0 Å². The van der Waals surface area contributed by atoms with E-state index in [0.29, 0.717) is 6.54 Å². The molecule has 0 saturated heterocycles. The molecule has 0 amide bonds. The smallest absolute Gasteiger partial charge is 0.0932 e. The Balaban J connectivity index is 1.99. The number of para-hydroxylation sites is 1. The van der Waals surface area contributed by atoms with Crippen LogP contribution in [0.25, 0.3) is 10.9 Å². The van der Waals surface area contributed by atoms with Gasteiger partial charge in [-0.25, -0.2) is 4.68 Å². The van der Waals surface area contributed by atoms with Crippen LogP contribution in [0.4, 0.5) is 0 Å². The maximum absolute atomic E-state index is 4.35. The summed E-state index contributed by atoms with van der Waals surface area (Å²) in [7, 11) is 0. The normalized spacial score (nSPS) is 10.9. The van der Waals surface area contributed by atoms with Crippen molar-refractivity contribution in [2.24, 2.45) is 0 Å². The summed E-state index contributed by atoms with van der Waals surface area (Å²) in [5.74, 6) is 0. The Morgan fingerprint density at radius 1 is 1.17 bits per heavy atom. The largest absolute Gasteiger partial charge is 0.256 e. The van der Waals surface area contributed by atoms with Gasteiger partial charge in [0.25, 0.3) is 0 Å². The van der Waals surface area contributed by atoms with Crippen LogP contribution < -0.4 is 0 Å². The maximum atomic E-state index is 4.35. The minimum absolute atomic E-state index is 0.711. The minimum atomic E-state index is 0.711. The van der Waals surface area contributed by atoms with Gasteiger partial charge in [0.05, 0.1) is 17.8 Å². The summed E-state index contributed by atoms with van der Waals surface area (Å²) >= 11 is 3.37. The van der Waals surface area contributed by atoms with Gasteiger partial charge in [-0.05, 0) is 17.7 Å². The molecule has 2 heterocycles. The molecule has 0 aliphatic rings. The first-order valence-electron chi connectivity index (χ1n) is 5.64. The zero-order chi connectivity index (χ0) is 12.4. The van der Waals surface area contributed by atoms with Gasteiger partial charge in [0.2, 0.25) is 0 Å². The van der Waals surface area contributed by atoms with Gasteiger partial charge in [-0.1, -0.05) is 39.3 Å². The molecule has 0 aliphatic heterocycles. The number of hydrogen-bond donors (Lipinski definition) is 0. The van der Waals surface area contributed by atoms with Gasteiger partial charge >= 0.3 is 0 Å². The second kappa shape index (κ2) is 4.86. The second-order valence-corrected chi connectivity index (χ2v) is 4.59. The van der Waals surface area contributed by atoms with Gasteiger partial charge < -0.3 is 0 Å². The molecular weight excluding hydrogens is 292 g/mol. The summed E-state index contributed by atoms with van der Waals surface area (Å²) in [6, 6.07) is 10.2. The van der Waals surface area contributed by atoms with E-state index < -0.39 is 0 Å². The Hall–Kier alpha value is -1.75. The first-order chi connectivity index (χ1) is 8.86. The van der Waals surface area contributed by atoms with Crippen molar-refractivity contribution in [3.63, 3.8) is 0 Å². The van der Waals surface area contributed by atoms with E-state index in [-0.39, 0.29) is 0 Å². The number of aromatic nitrogens is 4. The molecule has 0 radical (unpaired) electrons. The van der Waals surface area contributed by atoms with E-state index in [4.69, 9.17) is 0 Å². The molecule has 0 aliphatic carbocycles. The molecular formula is C13H11BrN4. The number of halogens is 1. The molecule has 0 fully saturated rings. The lowest BCUT2D eigenvalue weighted by Crippen LogP contribution is -2.01. The Bertz CT molecular complexity index is 672. The number of rotatable bonds is 3. The number of nitrogens with zero attached hydrogens (tertiary/aromatic N) is 4. The predicted molar refractivity (Wildman–Crippen MR) is 73.5 cm³/mol. The first kappa shape index (κ1) is 11.3. The fourth-order valence-corrected chi connectivity index (χ4v) is 2.20. The average molecular weight is 303 g/mol. The molecule has 0 bridgehead atoms. The van der Waals surface area contributed by atoms with Crippen LogP contribution in [0, 0.1) is 0 Å². The molecule has 18 heavy (non-hydrogen) atoms. The summed E-state index contributed by atoms with van der Waals surface area (Å²) < 4.78 is 1.85. The third kappa shape index (κ3) is 2.13. The van der Waals surface area contributed by atoms with Crippen LogP contribution in [0.1, 0.15) is 11.3 Å². The molecule has 5 heteroatoms. The van der Waals surface area contributed by atoms with E-state index in [1.54, 1.807) is 0 Å². The van der Waals surface area contributed by atoms with Crippen molar-refractivity contribution >= 4 is 26.8 Å². The Kier molecular flexibility index (Phi) is 3.06. The topological polar surface area (TPSA) is 43.6 Å². The summed E-state index contributed by atoms with van der Waals surface area (Å²) in [6.07, 6.45) is 3.78. The molecule has 1 aromatic carbocycles. The lowest BCUT2D eigenvalue weighted by molar-refractivity contribution is 0.652. The standard InChI is InChI=1S/C13H11BrN4/c14-7-11-9-18(17-16-11)8-10-5-6-15-13-4-2-1-3-12(10)13/h1-6,9H,7-8H2. The number of pyridine rings is 1. The van der Waals surface area contributed by atoms with Crippen molar-refractivity contribution in [2.45, 2.75) is 11.9 Å². The molecule has 0 unspecified atom stereocenters. The van der Waals surface area contributed by atoms with Gasteiger partial charge in [-0.3, -0.25) is 4.98 Å². The van der Waals surface area contributed by atoms with Gasteiger partial charge in [-0.2, -0.15) is 0 Å². The highest BCUT2D eigenvalue weighted by molar-refractivity contribution is 9.08. The third-order valence-electron chi connectivity index (χ3n) is 2.79. The molecule has 2 aromatic heterocycles. The van der Waals surface area contributed by atoms with Crippen molar-refractivity contribution in [3.8, 4) is 0 Å². The number of benzene rings is 1. The van der Waals surface area contributed by atoms with E-state index in [1.165, 1.54) is 5.56 Å². The summed E-state index contributed by atoms with van der Waals surface area (Å²) in [6.45, 7) is 0.711. The number of fused-ring (bicyclic) bond motifs is 1. The van der Waals surface area contributed by atoms with Crippen molar-refractivity contribution < 1.29 is 0 Å². The zero-order valence-corrected chi connectivity index (χ0v) is 11.2.